The number of nitrogens with one attached hydrogen (secondary N) is 1. The molecule has 0 amide bonds. The van der Waals surface area contributed by atoms with Gasteiger partial charge in [0, 0.05) is 17.8 Å². The lowest BCUT2D eigenvalue weighted by Gasteiger charge is -2.46. The van der Waals surface area contributed by atoms with Crippen molar-refractivity contribution in [3.63, 3.8) is 0 Å². The molecule has 1 aromatic rings. The Morgan fingerprint density at radius 3 is 2.67 bits per heavy atom. The number of anilines is 1. The second-order valence-corrected chi connectivity index (χ2v) is 6.60. The number of pyridine rings is 1. The highest BCUT2D eigenvalue weighted by Crippen LogP contribution is 2.26. The topological polar surface area (TPSA) is 54.2 Å². The van der Waals surface area contributed by atoms with Crippen LogP contribution in [-0.2, 0) is 6.42 Å². The number of hydrogen-bond donors (Lipinski definition) is 2. The molecule has 2 rings (SSSR count). The van der Waals surface area contributed by atoms with Gasteiger partial charge in [-0.3, -0.25) is 4.90 Å². The third-order valence-electron chi connectivity index (χ3n) is 4.76. The number of likely N-dealkylation sites (tertiary alicyclic amines) is 1. The summed E-state index contributed by atoms with van der Waals surface area (Å²) in [6.07, 6.45) is 6.82. The predicted octanol–water partition coefficient (Wildman–Crippen LogP) is 2.45. The fourth-order valence-electron chi connectivity index (χ4n) is 3.37. The van der Waals surface area contributed by atoms with E-state index in [0.717, 1.165) is 13.0 Å². The van der Waals surface area contributed by atoms with Gasteiger partial charge in [0.2, 0.25) is 0 Å². The van der Waals surface area contributed by atoms with Crippen molar-refractivity contribution in [2.24, 2.45) is 0 Å². The number of likely N-dealkylation sites (N-methyl/N-ethyl adjacent to an activating group) is 1. The van der Waals surface area contributed by atoms with Gasteiger partial charge in [0.15, 0.2) is 0 Å². The summed E-state index contributed by atoms with van der Waals surface area (Å²) < 4.78 is 0. The van der Waals surface area contributed by atoms with E-state index >= 15 is 0 Å². The highest BCUT2D eigenvalue weighted by molar-refractivity contribution is 5.32. The van der Waals surface area contributed by atoms with Crippen molar-refractivity contribution < 1.29 is 0 Å². The minimum atomic E-state index is 0.147. The number of nitrogens with zero attached hydrogens (tertiary/aromatic N) is 2. The first kappa shape index (κ1) is 16.2. The molecule has 21 heavy (non-hydrogen) atoms. The van der Waals surface area contributed by atoms with Crippen molar-refractivity contribution in [1.82, 2.24) is 15.2 Å². The van der Waals surface area contributed by atoms with Gasteiger partial charge in [0.25, 0.3) is 0 Å². The highest BCUT2D eigenvalue weighted by Gasteiger charge is 2.35. The largest absolute Gasteiger partial charge is 0.384 e. The molecule has 0 radical (unpaired) electrons. The summed E-state index contributed by atoms with van der Waals surface area (Å²) in [7, 11) is 0. The van der Waals surface area contributed by atoms with Crippen LogP contribution in [0.25, 0.3) is 0 Å². The monoisotopic (exact) mass is 290 g/mol. The highest BCUT2D eigenvalue weighted by atomic mass is 15.2. The molecule has 1 atom stereocenters. The van der Waals surface area contributed by atoms with Gasteiger partial charge in [0.1, 0.15) is 5.82 Å². The zero-order chi connectivity index (χ0) is 15.3. The average molecular weight is 290 g/mol. The van der Waals surface area contributed by atoms with E-state index in [1.807, 2.05) is 12.3 Å². The number of nitrogen functional groups attached to an aromatic ring is 1. The quantitative estimate of drug-likeness (QED) is 0.845. The van der Waals surface area contributed by atoms with Crippen LogP contribution in [0.3, 0.4) is 0 Å². The lowest BCUT2D eigenvalue weighted by molar-refractivity contribution is 0.0616. The molecule has 0 aromatic carbocycles. The van der Waals surface area contributed by atoms with Gasteiger partial charge < -0.3 is 11.1 Å². The molecule has 1 aliphatic heterocycles. The van der Waals surface area contributed by atoms with E-state index < -0.39 is 0 Å². The average Bonchev–Trinajstić information content (AvgIpc) is 2.48. The van der Waals surface area contributed by atoms with Gasteiger partial charge in [-0.2, -0.15) is 0 Å². The first-order valence-electron chi connectivity index (χ1n) is 8.23. The van der Waals surface area contributed by atoms with E-state index in [1.54, 1.807) is 0 Å². The molecule has 1 aliphatic rings. The molecule has 0 saturated carbocycles. The number of rotatable bonds is 6. The molecule has 118 valence electrons. The Bertz CT molecular complexity index is 438. The van der Waals surface area contributed by atoms with Crippen molar-refractivity contribution in [2.75, 3.05) is 25.4 Å². The second-order valence-electron chi connectivity index (χ2n) is 6.60. The zero-order valence-corrected chi connectivity index (χ0v) is 13.7. The maximum atomic E-state index is 5.82. The van der Waals surface area contributed by atoms with Crippen molar-refractivity contribution in [1.29, 1.82) is 0 Å². The molecule has 4 heteroatoms. The van der Waals surface area contributed by atoms with Crippen LogP contribution in [0.4, 0.5) is 5.82 Å². The molecule has 1 fully saturated rings. The number of aromatic nitrogens is 1. The zero-order valence-electron chi connectivity index (χ0n) is 13.7. The smallest absolute Gasteiger partial charge is 0.123 e. The van der Waals surface area contributed by atoms with Crippen molar-refractivity contribution in [3.05, 3.63) is 23.9 Å². The van der Waals surface area contributed by atoms with Crippen LogP contribution in [0.2, 0.25) is 0 Å². The number of nitrogens with two attached hydrogens (primary N) is 1. The Morgan fingerprint density at radius 1 is 1.33 bits per heavy atom. The number of piperidine rings is 1. The minimum Gasteiger partial charge on any atom is -0.384 e. The van der Waals surface area contributed by atoms with Gasteiger partial charge in [-0.1, -0.05) is 13.3 Å². The molecule has 1 saturated heterocycles. The molecule has 1 unspecified atom stereocenters. The summed E-state index contributed by atoms with van der Waals surface area (Å²) in [5, 5.41) is 3.69. The van der Waals surface area contributed by atoms with Crippen molar-refractivity contribution in [2.45, 2.75) is 58.0 Å². The molecular formula is C17H30N4. The van der Waals surface area contributed by atoms with Gasteiger partial charge >= 0.3 is 0 Å². The predicted molar refractivity (Wildman–Crippen MR) is 89.3 cm³/mol. The fourth-order valence-corrected chi connectivity index (χ4v) is 3.37. The van der Waals surface area contributed by atoms with E-state index in [2.05, 4.69) is 42.0 Å². The summed E-state index contributed by atoms with van der Waals surface area (Å²) in [5.74, 6) is 0.610. The lowest BCUT2D eigenvalue weighted by atomic mass is 9.86. The molecule has 3 N–H and O–H groups in total. The van der Waals surface area contributed by atoms with Gasteiger partial charge in [-0.05, 0) is 70.4 Å². The summed E-state index contributed by atoms with van der Waals surface area (Å²) >= 11 is 0. The van der Waals surface area contributed by atoms with Crippen LogP contribution in [0.15, 0.2) is 18.3 Å². The first-order valence-corrected chi connectivity index (χ1v) is 8.23. The normalized spacial score (nSPS) is 18.6. The molecule has 2 heterocycles. The SMILES string of the molecule is CCNC(Cc1ccnc(N)c1)C(C)(C)N1CCCCC1. The van der Waals surface area contributed by atoms with E-state index in [-0.39, 0.29) is 5.54 Å². The van der Waals surface area contributed by atoms with Crippen LogP contribution in [0.5, 0.6) is 0 Å². The van der Waals surface area contributed by atoms with E-state index in [1.165, 1.54) is 37.9 Å². The third-order valence-corrected chi connectivity index (χ3v) is 4.76. The van der Waals surface area contributed by atoms with Crippen molar-refractivity contribution >= 4 is 5.82 Å². The first-order chi connectivity index (χ1) is 10.0. The Kier molecular flexibility index (Phi) is 5.59. The van der Waals surface area contributed by atoms with Crippen LogP contribution < -0.4 is 11.1 Å². The Balaban J connectivity index is 2.12. The maximum absolute atomic E-state index is 5.82. The van der Waals surface area contributed by atoms with Gasteiger partial charge in [-0.15, -0.1) is 0 Å². The van der Waals surface area contributed by atoms with E-state index in [0.29, 0.717) is 11.9 Å². The summed E-state index contributed by atoms with van der Waals surface area (Å²) in [6, 6.07) is 4.49. The minimum absolute atomic E-state index is 0.147. The molecule has 0 aliphatic carbocycles. The summed E-state index contributed by atoms with van der Waals surface area (Å²) in [5.41, 5.74) is 7.23. The van der Waals surface area contributed by atoms with Gasteiger partial charge in [0.05, 0.1) is 0 Å². The second kappa shape index (κ2) is 7.23. The summed E-state index contributed by atoms with van der Waals surface area (Å²) in [4.78, 5) is 6.74. The Morgan fingerprint density at radius 2 is 2.05 bits per heavy atom. The van der Waals surface area contributed by atoms with E-state index in [4.69, 9.17) is 5.73 Å². The standard InChI is InChI=1S/C17H30N4/c1-4-19-15(12-14-8-9-20-16(18)13-14)17(2,3)21-10-6-5-7-11-21/h8-9,13,15,19H,4-7,10-12H2,1-3H3,(H2,18,20). The molecule has 1 aromatic heterocycles. The maximum Gasteiger partial charge on any atom is 0.123 e. The van der Waals surface area contributed by atoms with Crippen LogP contribution in [-0.4, -0.2) is 41.1 Å². The van der Waals surface area contributed by atoms with Gasteiger partial charge in [-0.25, -0.2) is 4.98 Å². The molecule has 0 bridgehead atoms. The van der Waals surface area contributed by atoms with Crippen LogP contribution in [0.1, 0.15) is 45.6 Å². The summed E-state index contributed by atoms with van der Waals surface area (Å²) in [6.45, 7) is 10.3. The van der Waals surface area contributed by atoms with Crippen LogP contribution >= 0.6 is 0 Å². The molecule has 4 nitrogen and oxygen atoms in total. The molecular weight excluding hydrogens is 260 g/mol. The number of hydrogen-bond acceptors (Lipinski definition) is 4. The Hall–Kier alpha value is -1.13. The molecule has 0 spiro atoms. The fraction of sp³-hybridized carbons (Fsp3) is 0.706. The van der Waals surface area contributed by atoms with Crippen molar-refractivity contribution in [3.8, 4) is 0 Å². The van der Waals surface area contributed by atoms with Crippen LogP contribution in [0, 0.1) is 0 Å². The third kappa shape index (κ3) is 4.17. The Labute approximate surface area is 129 Å². The van der Waals surface area contributed by atoms with E-state index in [9.17, 15) is 0 Å². The lowest BCUT2D eigenvalue weighted by Crippen LogP contribution is -2.59.